The van der Waals surface area contributed by atoms with E-state index in [9.17, 15) is 8.42 Å². The third kappa shape index (κ3) is 1.62. The molecule has 0 radical (unpaired) electrons. The van der Waals surface area contributed by atoms with E-state index in [0.717, 1.165) is 19.3 Å². The molecule has 0 aliphatic carbocycles. The van der Waals surface area contributed by atoms with Crippen LogP contribution in [-0.2, 0) is 14.8 Å². The molecule has 0 aromatic heterocycles. The van der Waals surface area contributed by atoms with E-state index in [0.29, 0.717) is 6.10 Å². The zero-order chi connectivity index (χ0) is 8.77. The van der Waals surface area contributed by atoms with Crippen molar-refractivity contribution in [2.24, 2.45) is 0 Å². The number of fused-ring (bicyclic) bond motifs is 2. The van der Waals surface area contributed by atoms with E-state index < -0.39 is 10.0 Å². The third-order valence-corrected chi connectivity index (χ3v) is 3.20. The Balaban J connectivity index is 2.00. The number of rotatable bonds is 2. The van der Waals surface area contributed by atoms with Crippen LogP contribution in [0, 0.1) is 0 Å². The summed E-state index contributed by atoms with van der Waals surface area (Å²) in [6.07, 6.45) is 4.56. The Morgan fingerprint density at radius 3 is 2.58 bits per heavy atom. The quantitative estimate of drug-likeness (QED) is 0.660. The number of nitrogens with one attached hydrogen (secondary N) is 1. The standard InChI is InChI=1S/C7H13NO3S/c1-12(9,10)8-6-4-5-2-3-7(6)11-5/h5-8H,2-4H2,1H3. The van der Waals surface area contributed by atoms with Crippen molar-refractivity contribution in [1.29, 1.82) is 0 Å². The van der Waals surface area contributed by atoms with E-state index in [4.69, 9.17) is 4.74 Å². The molecule has 2 bridgehead atoms. The van der Waals surface area contributed by atoms with Gasteiger partial charge in [-0.2, -0.15) is 0 Å². The fourth-order valence-corrected chi connectivity index (χ4v) is 2.83. The molecule has 3 atom stereocenters. The van der Waals surface area contributed by atoms with Crippen molar-refractivity contribution < 1.29 is 13.2 Å². The van der Waals surface area contributed by atoms with Crippen LogP contribution in [0.4, 0.5) is 0 Å². The highest BCUT2D eigenvalue weighted by atomic mass is 32.2. The minimum Gasteiger partial charge on any atom is -0.373 e. The molecule has 4 nitrogen and oxygen atoms in total. The molecule has 2 heterocycles. The van der Waals surface area contributed by atoms with Crippen molar-refractivity contribution in [3.05, 3.63) is 0 Å². The fourth-order valence-electron chi connectivity index (χ4n) is 2.04. The van der Waals surface area contributed by atoms with Gasteiger partial charge in [-0.05, 0) is 19.3 Å². The fraction of sp³-hybridized carbons (Fsp3) is 1.00. The van der Waals surface area contributed by atoms with Crippen LogP contribution in [0.5, 0.6) is 0 Å². The molecule has 2 rings (SSSR count). The Kier molecular flexibility index (Phi) is 1.89. The smallest absolute Gasteiger partial charge is 0.209 e. The molecule has 2 aliphatic rings. The van der Waals surface area contributed by atoms with E-state index >= 15 is 0 Å². The van der Waals surface area contributed by atoms with Crippen LogP contribution < -0.4 is 4.72 Å². The molecule has 5 heteroatoms. The van der Waals surface area contributed by atoms with Crippen LogP contribution in [0.3, 0.4) is 0 Å². The van der Waals surface area contributed by atoms with Gasteiger partial charge in [0.1, 0.15) is 0 Å². The van der Waals surface area contributed by atoms with Crippen LogP contribution in [0.2, 0.25) is 0 Å². The topological polar surface area (TPSA) is 55.4 Å². The van der Waals surface area contributed by atoms with E-state index in [1.807, 2.05) is 0 Å². The summed E-state index contributed by atoms with van der Waals surface area (Å²) < 4.78 is 29.9. The number of hydrogen-bond acceptors (Lipinski definition) is 3. The Morgan fingerprint density at radius 1 is 1.42 bits per heavy atom. The minimum absolute atomic E-state index is 0.0266. The first-order valence-corrected chi connectivity index (χ1v) is 6.06. The molecular formula is C7H13NO3S. The van der Waals surface area contributed by atoms with Gasteiger partial charge in [-0.15, -0.1) is 0 Å². The van der Waals surface area contributed by atoms with Gasteiger partial charge in [0.15, 0.2) is 0 Å². The number of hydrogen-bond donors (Lipinski definition) is 1. The summed E-state index contributed by atoms with van der Waals surface area (Å²) in [6, 6.07) is 0.0266. The normalized spacial score (nSPS) is 40.6. The summed E-state index contributed by atoms with van der Waals surface area (Å²) in [5.41, 5.74) is 0. The first kappa shape index (κ1) is 8.47. The highest BCUT2D eigenvalue weighted by Gasteiger charge is 2.41. The maximum absolute atomic E-state index is 10.9. The van der Waals surface area contributed by atoms with E-state index in [1.165, 1.54) is 6.26 Å². The van der Waals surface area contributed by atoms with Crippen molar-refractivity contribution in [3.63, 3.8) is 0 Å². The van der Waals surface area contributed by atoms with Crippen LogP contribution in [-0.4, -0.2) is 32.9 Å². The molecule has 2 saturated heterocycles. The van der Waals surface area contributed by atoms with E-state index in [-0.39, 0.29) is 12.1 Å². The summed E-state index contributed by atoms with van der Waals surface area (Å²) in [4.78, 5) is 0. The van der Waals surface area contributed by atoms with Gasteiger partial charge in [0.05, 0.1) is 24.5 Å². The van der Waals surface area contributed by atoms with Crippen LogP contribution in [0.15, 0.2) is 0 Å². The molecule has 0 aromatic carbocycles. The van der Waals surface area contributed by atoms with Gasteiger partial charge >= 0.3 is 0 Å². The molecule has 0 aromatic rings. The van der Waals surface area contributed by atoms with Gasteiger partial charge in [0, 0.05) is 0 Å². The largest absolute Gasteiger partial charge is 0.373 e. The molecule has 1 N–H and O–H groups in total. The molecule has 0 saturated carbocycles. The lowest BCUT2D eigenvalue weighted by Gasteiger charge is -2.18. The predicted octanol–water partition coefficient (Wildman–Crippen LogP) is -0.145. The van der Waals surface area contributed by atoms with Gasteiger partial charge in [-0.1, -0.05) is 0 Å². The molecule has 3 unspecified atom stereocenters. The Bertz CT molecular complexity index is 274. The summed E-state index contributed by atoms with van der Waals surface area (Å²) in [6.45, 7) is 0. The second kappa shape index (κ2) is 2.68. The molecule has 0 amide bonds. The van der Waals surface area contributed by atoms with Gasteiger partial charge in [0.25, 0.3) is 0 Å². The minimum atomic E-state index is -3.06. The summed E-state index contributed by atoms with van der Waals surface area (Å²) >= 11 is 0. The molecule has 2 fully saturated rings. The summed E-state index contributed by atoms with van der Waals surface area (Å²) in [5.74, 6) is 0. The average Bonchev–Trinajstić information content (AvgIpc) is 2.42. The summed E-state index contributed by atoms with van der Waals surface area (Å²) in [5, 5.41) is 0. The molecule has 0 spiro atoms. The first-order valence-electron chi connectivity index (χ1n) is 4.17. The molecule has 70 valence electrons. The van der Waals surface area contributed by atoms with Crippen LogP contribution in [0.25, 0.3) is 0 Å². The van der Waals surface area contributed by atoms with Crippen LogP contribution >= 0.6 is 0 Å². The zero-order valence-corrected chi connectivity index (χ0v) is 7.80. The van der Waals surface area contributed by atoms with Crippen molar-refractivity contribution in [1.82, 2.24) is 4.72 Å². The highest BCUT2D eigenvalue weighted by Crippen LogP contribution is 2.34. The van der Waals surface area contributed by atoms with Crippen molar-refractivity contribution in [2.45, 2.75) is 37.5 Å². The monoisotopic (exact) mass is 191 g/mol. The highest BCUT2D eigenvalue weighted by molar-refractivity contribution is 7.88. The number of ether oxygens (including phenoxy) is 1. The van der Waals surface area contributed by atoms with E-state index in [1.54, 1.807) is 0 Å². The van der Waals surface area contributed by atoms with Gasteiger partial charge in [-0.25, -0.2) is 13.1 Å². The van der Waals surface area contributed by atoms with Crippen molar-refractivity contribution in [3.8, 4) is 0 Å². The Hall–Kier alpha value is -0.130. The Labute approximate surface area is 72.3 Å². The van der Waals surface area contributed by atoms with Crippen LogP contribution in [0.1, 0.15) is 19.3 Å². The van der Waals surface area contributed by atoms with Gasteiger partial charge < -0.3 is 4.74 Å². The maximum Gasteiger partial charge on any atom is 0.209 e. The second-order valence-electron chi connectivity index (χ2n) is 3.61. The zero-order valence-electron chi connectivity index (χ0n) is 6.99. The molecule has 12 heavy (non-hydrogen) atoms. The molecule has 2 aliphatic heterocycles. The summed E-state index contributed by atoms with van der Waals surface area (Å²) in [7, 11) is -3.06. The van der Waals surface area contributed by atoms with Crippen molar-refractivity contribution in [2.75, 3.05) is 6.26 Å². The lowest BCUT2D eigenvalue weighted by molar-refractivity contribution is 0.0996. The Morgan fingerprint density at radius 2 is 2.17 bits per heavy atom. The van der Waals surface area contributed by atoms with Gasteiger partial charge in [0.2, 0.25) is 10.0 Å². The SMILES string of the molecule is CS(=O)(=O)NC1CC2CCC1O2. The average molecular weight is 191 g/mol. The van der Waals surface area contributed by atoms with E-state index in [2.05, 4.69) is 4.72 Å². The number of sulfonamides is 1. The lowest BCUT2D eigenvalue weighted by Crippen LogP contribution is -2.40. The second-order valence-corrected chi connectivity index (χ2v) is 5.39. The molecular weight excluding hydrogens is 178 g/mol. The van der Waals surface area contributed by atoms with Gasteiger partial charge in [-0.3, -0.25) is 0 Å². The van der Waals surface area contributed by atoms with Crippen molar-refractivity contribution >= 4 is 10.0 Å². The lowest BCUT2D eigenvalue weighted by atomic mass is 9.96. The third-order valence-electron chi connectivity index (χ3n) is 2.47. The predicted molar refractivity (Wildman–Crippen MR) is 44.3 cm³/mol. The first-order chi connectivity index (χ1) is 5.54. The maximum atomic E-state index is 10.9.